The summed E-state index contributed by atoms with van der Waals surface area (Å²) in [6, 6.07) is 0.727. The number of hydrogen-bond acceptors (Lipinski definition) is 4. The molecular weight excluding hydrogens is 254 g/mol. The van der Waals surface area contributed by atoms with E-state index in [0.717, 1.165) is 25.7 Å². The highest BCUT2D eigenvalue weighted by Crippen LogP contribution is 2.27. The second kappa shape index (κ2) is 6.33. The van der Waals surface area contributed by atoms with E-state index in [0.29, 0.717) is 0 Å². The molecule has 19 heavy (non-hydrogen) atoms. The van der Waals surface area contributed by atoms with Crippen molar-refractivity contribution in [3.05, 3.63) is 16.1 Å². The molecule has 1 aromatic heterocycles. The Hall–Kier alpha value is -0.450. The fourth-order valence-electron chi connectivity index (χ4n) is 2.73. The maximum absolute atomic E-state index is 5.77. The van der Waals surface area contributed by atoms with E-state index in [1.807, 2.05) is 0 Å². The first-order valence-corrected chi connectivity index (χ1v) is 8.27. The smallest absolute Gasteiger partial charge is 0.107 e. The summed E-state index contributed by atoms with van der Waals surface area (Å²) >= 11 is 1.80. The summed E-state index contributed by atoms with van der Waals surface area (Å²) in [5, 5.41) is 3.45. The highest BCUT2D eigenvalue weighted by atomic mass is 32.1. The van der Waals surface area contributed by atoms with Crippen LogP contribution in [0.5, 0.6) is 0 Å². The lowest BCUT2D eigenvalue weighted by Crippen LogP contribution is -2.36. The van der Waals surface area contributed by atoms with E-state index in [1.165, 1.54) is 36.4 Å². The molecule has 0 radical (unpaired) electrons. The quantitative estimate of drug-likeness (QED) is 0.901. The number of nitrogens with two attached hydrogens (primary N) is 1. The number of aromatic nitrogens is 1. The van der Waals surface area contributed by atoms with Gasteiger partial charge in [-0.2, -0.15) is 0 Å². The van der Waals surface area contributed by atoms with Gasteiger partial charge in [0.1, 0.15) is 5.01 Å². The molecule has 1 aliphatic carbocycles. The van der Waals surface area contributed by atoms with Crippen LogP contribution in [0.25, 0.3) is 0 Å². The zero-order chi connectivity index (χ0) is 13.9. The molecule has 1 aliphatic rings. The molecule has 1 fully saturated rings. The molecule has 108 valence electrons. The molecule has 0 atom stereocenters. The van der Waals surface area contributed by atoms with Crippen LogP contribution in [0.1, 0.15) is 57.2 Å². The number of nitrogens with zero attached hydrogens (tertiary/aromatic N) is 2. The third kappa shape index (κ3) is 4.01. The largest absolute Gasteiger partial charge is 0.329 e. The minimum atomic E-state index is 0.154. The fourth-order valence-corrected chi connectivity index (χ4v) is 3.77. The molecule has 0 amide bonds. The van der Waals surface area contributed by atoms with E-state index in [1.54, 1.807) is 11.3 Å². The molecule has 0 bridgehead atoms. The molecule has 1 heterocycles. The molecule has 1 aromatic rings. The fraction of sp³-hybridized carbons (Fsp3) is 0.800. The van der Waals surface area contributed by atoms with Crippen LogP contribution in [0.2, 0.25) is 0 Å². The Morgan fingerprint density at radius 1 is 1.37 bits per heavy atom. The van der Waals surface area contributed by atoms with Crippen LogP contribution in [0.15, 0.2) is 5.38 Å². The van der Waals surface area contributed by atoms with Crippen molar-refractivity contribution >= 4 is 11.3 Å². The Bertz CT molecular complexity index is 388. The predicted octanol–water partition coefficient (Wildman–Crippen LogP) is 3.14. The third-order valence-electron chi connectivity index (χ3n) is 3.92. The lowest BCUT2D eigenvalue weighted by Gasteiger charge is -2.27. The lowest BCUT2D eigenvalue weighted by atomic mass is 9.93. The van der Waals surface area contributed by atoms with Crippen LogP contribution in [0.4, 0.5) is 0 Å². The number of thiazole rings is 1. The summed E-state index contributed by atoms with van der Waals surface area (Å²) in [5.74, 6) is 0. The molecule has 0 aliphatic heterocycles. The second-order valence-corrected chi connectivity index (χ2v) is 7.52. The van der Waals surface area contributed by atoms with Crippen molar-refractivity contribution in [1.29, 1.82) is 0 Å². The average molecular weight is 281 g/mol. The first-order valence-electron chi connectivity index (χ1n) is 7.39. The predicted molar refractivity (Wildman–Crippen MR) is 82.5 cm³/mol. The van der Waals surface area contributed by atoms with Gasteiger partial charge in [-0.25, -0.2) is 4.98 Å². The van der Waals surface area contributed by atoms with E-state index in [4.69, 9.17) is 10.7 Å². The first kappa shape index (κ1) is 14.9. The van der Waals surface area contributed by atoms with Gasteiger partial charge in [0.25, 0.3) is 0 Å². The minimum absolute atomic E-state index is 0.154. The molecule has 3 nitrogen and oxygen atoms in total. The Kier molecular flexibility index (Phi) is 4.98. The Morgan fingerprint density at radius 2 is 2.05 bits per heavy atom. The van der Waals surface area contributed by atoms with Crippen molar-refractivity contribution in [1.82, 2.24) is 9.88 Å². The minimum Gasteiger partial charge on any atom is -0.329 e. The van der Waals surface area contributed by atoms with Gasteiger partial charge in [0, 0.05) is 29.9 Å². The third-order valence-corrected chi connectivity index (χ3v) is 4.75. The zero-order valence-electron chi connectivity index (χ0n) is 12.5. The summed E-state index contributed by atoms with van der Waals surface area (Å²) in [6.07, 6.45) is 5.41. The van der Waals surface area contributed by atoms with Gasteiger partial charge >= 0.3 is 0 Å². The van der Waals surface area contributed by atoms with Crippen molar-refractivity contribution < 1.29 is 0 Å². The lowest BCUT2D eigenvalue weighted by molar-refractivity contribution is 0.195. The van der Waals surface area contributed by atoms with Gasteiger partial charge in [-0.3, -0.25) is 4.90 Å². The number of rotatable bonds is 5. The topological polar surface area (TPSA) is 42.1 Å². The molecule has 0 unspecified atom stereocenters. The van der Waals surface area contributed by atoms with Crippen molar-refractivity contribution in [3.63, 3.8) is 0 Å². The maximum atomic E-state index is 5.77. The second-order valence-electron chi connectivity index (χ2n) is 6.57. The van der Waals surface area contributed by atoms with E-state index in [-0.39, 0.29) is 5.41 Å². The van der Waals surface area contributed by atoms with Crippen molar-refractivity contribution in [2.24, 2.45) is 5.73 Å². The van der Waals surface area contributed by atoms with Gasteiger partial charge in [0.2, 0.25) is 0 Å². The van der Waals surface area contributed by atoms with Crippen LogP contribution < -0.4 is 5.73 Å². The van der Waals surface area contributed by atoms with Crippen molar-refractivity contribution in [3.8, 4) is 0 Å². The maximum Gasteiger partial charge on any atom is 0.107 e. The standard InChI is InChI=1S/C15H27N3S/c1-15(2,3)13-11-19-14(17-13)10-18(9-8-16)12-6-4-5-7-12/h11-12H,4-10,16H2,1-3H3. The molecule has 4 heteroatoms. The summed E-state index contributed by atoms with van der Waals surface area (Å²) < 4.78 is 0. The van der Waals surface area contributed by atoms with Gasteiger partial charge in [-0.1, -0.05) is 33.6 Å². The number of hydrogen-bond donors (Lipinski definition) is 1. The molecule has 2 rings (SSSR count). The van der Waals surface area contributed by atoms with Crippen molar-refractivity contribution in [2.75, 3.05) is 13.1 Å². The summed E-state index contributed by atoms with van der Waals surface area (Å²) in [7, 11) is 0. The Morgan fingerprint density at radius 3 is 2.58 bits per heavy atom. The van der Waals surface area contributed by atoms with Gasteiger partial charge in [0.05, 0.1) is 12.2 Å². The summed E-state index contributed by atoms with van der Waals surface area (Å²) in [4.78, 5) is 7.35. The molecule has 1 saturated carbocycles. The molecule has 0 spiro atoms. The van der Waals surface area contributed by atoms with Gasteiger partial charge in [-0.15, -0.1) is 11.3 Å². The highest BCUT2D eigenvalue weighted by Gasteiger charge is 2.24. The molecule has 0 aromatic carbocycles. The molecule has 0 saturated heterocycles. The van der Waals surface area contributed by atoms with Crippen LogP contribution in [-0.4, -0.2) is 29.0 Å². The van der Waals surface area contributed by atoms with Gasteiger partial charge in [0.15, 0.2) is 0 Å². The van der Waals surface area contributed by atoms with Gasteiger partial charge in [-0.05, 0) is 12.8 Å². The first-order chi connectivity index (χ1) is 9.00. The van der Waals surface area contributed by atoms with E-state index in [9.17, 15) is 0 Å². The van der Waals surface area contributed by atoms with E-state index < -0.39 is 0 Å². The SMILES string of the molecule is CC(C)(C)c1csc(CN(CCN)C2CCCC2)n1. The van der Waals surface area contributed by atoms with E-state index >= 15 is 0 Å². The van der Waals surface area contributed by atoms with Crippen LogP contribution in [-0.2, 0) is 12.0 Å². The summed E-state index contributed by atoms with van der Waals surface area (Å²) in [6.45, 7) is 9.38. The normalized spacial score (nSPS) is 17.5. The van der Waals surface area contributed by atoms with Crippen LogP contribution in [0.3, 0.4) is 0 Å². The monoisotopic (exact) mass is 281 g/mol. The Labute approximate surface area is 121 Å². The average Bonchev–Trinajstić information content (AvgIpc) is 2.98. The van der Waals surface area contributed by atoms with Crippen molar-refractivity contribution in [2.45, 2.75) is 64.5 Å². The molecule has 2 N–H and O–H groups in total. The van der Waals surface area contributed by atoms with E-state index in [2.05, 4.69) is 31.1 Å². The Balaban J connectivity index is 2.02. The van der Waals surface area contributed by atoms with Crippen LogP contribution >= 0.6 is 11.3 Å². The molecular formula is C15H27N3S. The van der Waals surface area contributed by atoms with Crippen LogP contribution in [0, 0.1) is 0 Å². The summed E-state index contributed by atoms with van der Waals surface area (Å²) in [5.41, 5.74) is 7.13. The van der Waals surface area contributed by atoms with Gasteiger partial charge < -0.3 is 5.73 Å². The zero-order valence-corrected chi connectivity index (χ0v) is 13.3. The highest BCUT2D eigenvalue weighted by molar-refractivity contribution is 7.09.